The number of hydrogen-bond donors (Lipinski definition) is 1. The number of sulfonamides is 1. The summed E-state index contributed by atoms with van der Waals surface area (Å²) in [6, 6.07) is 14.8. The minimum atomic E-state index is -3.59. The minimum absolute atomic E-state index is 0.167. The first-order valence-corrected chi connectivity index (χ1v) is 7.91. The fourth-order valence-corrected chi connectivity index (χ4v) is 3.34. The molecular weight excluding hydrogens is 277 g/mol. The topological polar surface area (TPSA) is 46.2 Å². The van der Waals surface area contributed by atoms with Gasteiger partial charge in [0.05, 0.1) is 5.75 Å². The summed E-state index contributed by atoms with van der Waals surface area (Å²) in [5.74, 6) is -0.873. The number of rotatable bonds is 5. The molecule has 0 bridgehead atoms. The van der Waals surface area contributed by atoms with Crippen molar-refractivity contribution >= 4 is 10.0 Å². The van der Waals surface area contributed by atoms with Gasteiger partial charge in [-0.1, -0.05) is 48.5 Å². The van der Waals surface area contributed by atoms with E-state index in [4.69, 9.17) is 0 Å². The summed E-state index contributed by atoms with van der Waals surface area (Å²) in [4.78, 5) is 0. The second kappa shape index (κ2) is 6.15. The lowest BCUT2D eigenvalue weighted by Gasteiger charge is -2.14. The highest BCUT2D eigenvalue weighted by atomic mass is 32.2. The zero-order valence-electron chi connectivity index (χ0n) is 11.1. The average molecular weight is 293 g/mol. The summed E-state index contributed by atoms with van der Waals surface area (Å²) in [7, 11) is -3.59. The lowest BCUT2D eigenvalue weighted by atomic mass is 10.1. The lowest BCUT2D eigenvalue weighted by molar-refractivity contribution is 0.561. The van der Waals surface area contributed by atoms with Gasteiger partial charge in [0.15, 0.2) is 0 Å². The summed E-state index contributed by atoms with van der Waals surface area (Å²) >= 11 is 0. The van der Waals surface area contributed by atoms with Gasteiger partial charge in [-0.25, -0.2) is 17.5 Å². The molecule has 0 aliphatic heterocycles. The lowest BCUT2D eigenvalue weighted by Crippen LogP contribution is -2.28. The van der Waals surface area contributed by atoms with Gasteiger partial charge in [-0.05, 0) is 18.6 Å². The van der Waals surface area contributed by atoms with Crippen molar-refractivity contribution in [2.24, 2.45) is 0 Å². The van der Waals surface area contributed by atoms with Crippen molar-refractivity contribution in [2.45, 2.75) is 18.7 Å². The molecule has 2 aromatic rings. The molecule has 0 fully saturated rings. The van der Waals surface area contributed by atoms with E-state index in [1.165, 1.54) is 18.2 Å². The third-order valence-corrected chi connectivity index (χ3v) is 4.36. The van der Waals surface area contributed by atoms with Crippen molar-refractivity contribution in [2.75, 3.05) is 0 Å². The highest BCUT2D eigenvalue weighted by Crippen LogP contribution is 2.15. The van der Waals surface area contributed by atoms with E-state index < -0.39 is 15.8 Å². The van der Waals surface area contributed by atoms with Crippen molar-refractivity contribution in [3.8, 4) is 0 Å². The predicted molar refractivity (Wildman–Crippen MR) is 77.0 cm³/mol. The van der Waals surface area contributed by atoms with Gasteiger partial charge in [-0.15, -0.1) is 0 Å². The molecule has 5 heteroatoms. The van der Waals surface area contributed by atoms with E-state index in [0.717, 1.165) is 5.56 Å². The smallest absolute Gasteiger partial charge is 0.212 e. The fourth-order valence-electron chi connectivity index (χ4n) is 1.94. The summed E-state index contributed by atoms with van der Waals surface area (Å²) in [6.07, 6.45) is 0. The van der Waals surface area contributed by atoms with Crippen LogP contribution < -0.4 is 4.72 Å². The highest BCUT2D eigenvalue weighted by Gasteiger charge is 2.18. The highest BCUT2D eigenvalue weighted by molar-refractivity contribution is 7.88. The van der Waals surface area contributed by atoms with E-state index in [1.54, 1.807) is 13.0 Å². The van der Waals surface area contributed by atoms with E-state index in [1.807, 2.05) is 30.3 Å². The Morgan fingerprint density at radius 2 is 1.65 bits per heavy atom. The number of benzene rings is 2. The van der Waals surface area contributed by atoms with Crippen LogP contribution in [0, 0.1) is 5.82 Å². The van der Waals surface area contributed by atoms with Crippen molar-refractivity contribution in [1.82, 2.24) is 4.72 Å². The second-order valence-corrected chi connectivity index (χ2v) is 6.35. The maximum atomic E-state index is 13.5. The molecule has 1 atom stereocenters. The number of nitrogens with one attached hydrogen (secondary N) is 1. The van der Waals surface area contributed by atoms with Gasteiger partial charge >= 0.3 is 0 Å². The summed E-state index contributed by atoms with van der Waals surface area (Å²) in [5, 5.41) is 0. The van der Waals surface area contributed by atoms with Gasteiger partial charge in [0.1, 0.15) is 5.82 Å². The Kier molecular flexibility index (Phi) is 4.52. The van der Waals surface area contributed by atoms with Gasteiger partial charge in [0, 0.05) is 11.6 Å². The Labute approximate surface area is 118 Å². The van der Waals surface area contributed by atoms with Gasteiger partial charge in [-0.3, -0.25) is 0 Å². The Bertz CT molecular complexity index is 671. The molecule has 0 unspecified atom stereocenters. The van der Waals surface area contributed by atoms with Gasteiger partial charge in [0.2, 0.25) is 10.0 Å². The van der Waals surface area contributed by atoms with Crippen molar-refractivity contribution < 1.29 is 12.8 Å². The zero-order valence-corrected chi connectivity index (χ0v) is 11.9. The SMILES string of the molecule is C[C@@H](NS(=O)(=O)Cc1ccccc1F)c1ccccc1. The first-order chi connectivity index (χ1) is 9.48. The molecule has 2 rings (SSSR count). The molecule has 0 aliphatic carbocycles. The molecule has 0 amide bonds. The predicted octanol–water partition coefficient (Wildman–Crippen LogP) is 3.01. The minimum Gasteiger partial charge on any atom is -0.212 e. The van der Waals surface area contributed by atoms with Crippen LogP contribution in [0.25, 0.3) is 0 Å². The zero-order chi connectivity index (χ0) is 14.6. The van der Waals surface area contributed by atoms with E-state index in [2.05, 4.69) is 4.72 Å². The third-order valence-electron chi connectivity index (χ3n) is 2.96. The molecule has 1 N–H and O–H groups in total. The maximum Gasteiger partial charge on any atom is 0.216 e. The first kappa shape index (κ1) is 14.7. The molecule has 0 aliphatic rings. The van der Waals surface area contributed by atoms with Crippen molar-refractivity contribution in [3.63, 3.8) is 0 Å². The standard InChI is InChI=1S/C15H16FNO2S/c1-12(13-7-3-2-4-8-13)17-20(18,19)11-14-9-5-6-10-15(14)16/h2-10,12,17H,11H2,1H3/t12-/m1/s1. The van der Waals surface area contributed by atoms with Gasteiger partial charge < -0.3 is 0 Å². The molecule has 2 aromatic carbocycles. The Balaban J connectivity index is 2.10. The first-order valence-electron chi connectivity index (χ1n) is 6.26. The Hall–Kier alpha value is -1.72. The van der Waals surface area contributed by atoms with Gasteiger partial charge in [-0.2, -0.15) is 0 Å². The maximum absolute atomic E-state index is 13.5. The fraction of sp³-hybridized carbons (Fsp3) is 0.200. The van der Waals surface area contributed by atoms with Gasteiger partial charge in [0.25, 0.3) is 0 Å². The van der Waals surface area contributed by atoms with Crippen LogP contribution in [-0.4, -0.2) is 8.42 Å². The van der Waals surface area contributed by atoms with E-state index >= 15 is 0 Å². The van der Waals surface area contributed by atoms with E-state index in [9.17, 15) is 12.8 Å². The van der Waals surface area contributed by atoms with E-state index in [-0.39, 0.29) is 17.4 Å². The molecule has 3 nitrogen and oxygen atoms in total. The number of halogens is 1. The average Bonchev–Trinajstić information content (AvgIpc) is 2.41. The van der Waals surface area contributed by atoms with Crippen LogP contribution in [0.4, 0.5) is 4.39 Å². The van der Waals surface area contributed by atoms with Crippen LogP contribution >= 0.6 is 0 Å². The molecular formula is C15H16FNO2S. The molecule has 0 saturated heterocycles. The Morgan fingerprint density at radius 1 is 1.05 bits per heavy atom. The van der Waals surface area contributed by atoms with Crippen LogP contribution in [-0.2, 0) is 15.8 Å². The summed E-state index contributed by atoms with van der Waals surface area (Å²) < 4.78 is 40.2. The summed E-state index contributed by atoms with van der Waals surface area (Å²) in [6.45, 7) is 1.76. The van der Waals surface area contributed by atoms with E-state index in [0.29, 0.717) is 0 Å². The van der Waals surface area contributed by atoms with Crippen LogP contribution in [0.15, 0.2) is 54.6 Å². The second-order valence-electron chi connectivity index (χ2n) is 4.60. The monoisotopic (exact) mass is 293 g/mol. The Morgan fingerprint density at radius 3 is 2.30 bits per heavy atom. The van der Waals surface area contributed by atoms with Crippen molar-refractivity contribution in [1.29, 1.82) is 0 Å². The van der Waals surface area contributed by atoms with Crippen LogP contribution in [0.1, 0.15) is 24.1 Å². The summed E-state index contributed by atoms with van der Waals surface area (Å²) in [5.41, 5.74) is 1.03. The molecule has 0 heterocycles. The van der Waals surface area contributed by atoms with Crippen LogP contribution in [0.3, 0.4) is 0 Å². The largest absolute Gasteiger partial charge is 0.216 e. The molecule has 106 valence electrons. The molecule has 0 radical (unpaired) electrons. The van der Waals surface area contributed by atoms with Crippen LogP contribution in [0.2, 0.25) is 0 Å². The quantitative estimate of drug-likeness (QED) is 0.921. The third kappa shape index (κ3) is 3.88. The normalized spacial score (nSPS) is 13.1. The number of hydrogen-bond acceptors (Lipinski definition) is 2. The van der Waals surface area contributed by atoms with Crippen molar-refractivity contribution in [3.05, 3.63) is 71.5 Å². The molecule has 0 spiro atoms. The molecule has 0 saturated carbocycles. The molecule has 20 heavy (non-hydrogen) atoms. The van der Waals surface area contributed by atoms with Crippen LogP contribution in [0.5, 0.6) is 0 Å². The molecule has 0 aromatic heterocycles.